The van der Waals surface area contributed by atoms with Crippen molar-refractivity contribution in [2.45, 2.75) is 39.0 Å². The number of benzene rings is 2. The molecule has 0 atom stereocenters. The highest BCUT2D eigenvalue weighted by atomic mass is 32.1. The van der Waals surface area contributed by atoms with Gasteiger partial charge < -0.3 is 9.84 Å². The van der Waals surface area contributed by atoms with Crippen molar-refractivity contribution in [3.8, 4) is 17.0 Å². The van der Waals surface area contributed by atoms with Crippen LogP contribution >= 0.6 is 11.5 Å². The second-order valence-electron chi connectivity index (χ2n) is 6.98. The molecule has 2 aromatic carbocycles. The van der Waals surface area contributed by atoms with E-state index in [0.29, 0.717) is 11.6 Å². The first kappa shape index (κ1) is 24.1. The van der Waals surface area contributed by atoms with Gasteiger partial charge in [0.05, 0.1) is 5.69 Å². The summed E-state index contributed by atoms with van der Waals surface area (Å²) in [6.45, 7) is 0.768. The average molecular weight is 475 g/mol. The van der Waals surface area contributed by atoms with Gasteiger partial charge in [-0.3, -0.25) is 0 Å². The lowest BCUT2D eigenvalue weighted by molar-refractivity contribution is -0.135. The Bertz CT molecular complexity index is 1080. The van der Waals surface area contributed by atoms with Gasteiger partial charge in [0.2, 0.25) is 5.82 Å². The van der Waals surface area contributed by atoms with Crippen LogP contribution in [0.4, 0.5) is 26.3 Å². The van der Waals surface area contributed by atoms with E-state index in [1.165, 1.54) is 0 Å². The summed E-state index contributed by atoms with van der Waals surface area (Å²) in [6.07, 6.45) is -4.04. The second-order valence-corrected chi connectivity index (χ2v) is 7.75. The maximum atomic E-state index is 14.4. The molecule has 0 fully saturated rings. The summed E-state index contributed by atoms with van der Waals surface area (Å²) < 4.78 is 92.4. The van der Waals surface area contributed by atoms with Crippen LogP contribution in [0.2, 0.25) is 0 Å². The third kappa shape index (κ3) is 5.07. The zero-order valence-corrected chi connectivity index (χ0v) is 17.7. The molecule has 0 amide bonds. The number of nitrogens with zero attached hydrogens (tertiary/aromatic N) is 1. The molecular formula is C22H19F6NO2S. The number of ether oxygens (including phenoxy) is 1. The Hall–Kier alpha value is -2.59. The molecule has 3 rings (SSSR count). The Morgan fingerprint density at radius 3 is 2.34 bits per heavy atom. The van der Waals surface area contributed by atoms with Gasteiger partial charge in [-0.1, -0.05) is 31.2 Å². The molecule has 0 radical (unpaired) electrons. The van der Waals surface area contributed by atoms with Gasteiger partial charge >= 0.3 is 6.18 Å². The average Bonchev–Trinajstić information content (AvgIpc) is 3.19. The molecule has 0 unspecified atom stereocenters. The van der Waals surface area contributed by atoms with E-state index in [2.05, 4.69) is 4.37 Å². The van der Waals surface area contributed by atoms with E-state index in [1.54, 1.807) is 24.3 Å². The topological polar surface area (TPSA) is 42.4 Å². The molecule has 1 N–H and O–H groups in total. The summed E-state index contributed by atoms with van der Waals surface area (Å²) in [7, 11) is 0. The number of aliphatic hydroxyl groups excluding tert-OH is 1. The monoisotopic (exact) mass is 475 g/mol. The fraction of sp³-hybridized carbons (Fsp3) is 0.318. The quantitative estimate of drug-likeness (QED) is 0.307. The fourth-order valence-electron chi connectivity index (χ4n) is 3.15. The van der Waals surface area contributed by atoms with Crippen molar-refractivity contribution in [3.05, 3.63) is 69.4 Å². The highest BCUT2D eigenvalue weighted by Gasteiger charge is 2.38. The molecular weight excluding hydrogens is 456 g/mol. The molecule has 10 heteroatoms. The number of aliphatic hydroxyl groups is 1. The minimum atomic E-state index is -4.76. The summed E-state index contributed by atoms with van der Waals surface area (Å²) in [6, 6.07) is 7.41. The van der Waals surface area contributed by atoms with Crippen molar-refractivity contribution in [1.29, 1.82) is 0 Å². The Morgan fingerprint density at radius 1 is 1.06 bits per heavy atom. The molecule has 0 bridgehead atoms. The van der Waals surface area contributed by atoms with Crippen molar-refractivity contribution in [2.24, 2.45) is 0 Å². The van der Waals surface area contributed by atoms with Crippen molar-refractivity contribution < 1.29 is 36.2 Å². The summed E-state index contributed by atoms with van der Waals surface area (Å²) >= 11 is 0.206. The van der Waals surface area contributed by atoms with Crippen molar-refractivity contribution >= 4 is 11.5 Å². The van der Waals surface area contributed by atoms with Crippen molar-refractivity contribution in [1.82, 2.24) is 4.37 Å². The number of hydrogen-bond acceptors (Lipinski definition) is 4. The molecule has 3 aromatic rings. The first-order chi connectivity index (χ1) is 15.2. The van der Waals surface area contributed by atoms with E-state index >= 15 is 0 Å². The van der Waals surface area contributed by atoms with Gasteiger partial charge in [-0.15, -0.1) is 0 Å². The first-order valence-electron chi connectivity index (χ1n) is 9.72. The van der Waals surface area contributed by atoms with Gasteiger partial charge in [0.1, 0.15) is 11.5 Å². The Labute approximate surface area is 184 Å². The number of rotatable bonds is 8. The van der Waals surface area contributed by atoms with E-state index in [1.807, 2.05) is 6.92 Å². The number of aromatic nitrogens is 1. The van der Waals surface area contributed by atoms with Gasteiger partial charge in [-0.2, -0.15) is 21.9 Å². The zero-order valence-electron chi connectivity index (χ0n) is 16.9. The van der Waals surface area contributed by atoms with Gasteiger partial charge in [-0.25, -0.2) is 8.78 Å². The molecule has 0 saturated heterocycles. The Morgan fingerprint density at radius 2 is 1.75 bits per heavy atom. The van der Waals surface area contributed by atoms with Crippen LogP contribution in [0.25, 0.3) is 11.3 Å². The molecule has 1 heterocycles. The van der Waals surface area contributed by atoms with E-state index < -0.39 is 46.4 Å². The van der Waals surface area contributed by atoms with E-state index in [-0.39, 0.29) is 42.2 Å². The molecule has 172 valence electrons. The molecule has 0 aliphatic carbocycles. The second kappa shape index (κ2) is 9.91. The number of hydrogen-bond donors (Lipinski definition) is 1. The largest absolute Gasteiger partial charge is 0.483 e. The number of alkyl halides is 3. The van der Waals surface area contributed by atoms with Gasteiger partial charge in [0.15, 0.2) is 17.4 Å². The van der Waals surface area contributed by atoms with Crippen LogP contribution in [0.5, 0.6) is 5.75 Å². The van der Waals surface area contributed by atoms with Gasteiger partial charge in [0.25, 0.3) is 0 Å². The summed E-state index contributed by atoms with van der Waals surface area (Å²) in [4.78, 5) is -1.06. The minimum absolute atomic E-state index is 0.0224. The maximum Gasteiger partial charge on any atom is 0.427 e. The lowest BCUT2D eigenvalue weighted by atomic mass is 10.0. The number of halogens is 6. The fourth-order valence-corrected chi connectivity index (χ4v) is 3.91. The normalized spacial score (nSPS) is 11.8. The Kier molecular flexibility index (Phi) is 7.45. The standard InChI is InChI=1S/C22H19F6NO2S/c1-2-12-5-7-13(8-6-12)19-15(21(32-29-19)22(26,27)28)11-31-20-16(23)10-14(4-3-9-30)17(24)18(20)25/h5-8,10,30H,2-4,9,11H2,1H3. The van der Waals surface area contributed by atoms with Gasteiger partial charge in [-0.05, 0) is 48.0 Å². The van der Waals surface area contributed by atoms with Crippen LogP contribution in [0.1, 0.15) is 34.9 Å². The summed E-state index contributed by atoms with van der Waals surface area (Å²) in [5.41, 5.74) is 0.644. The van der Waals surface area contributed by atoms with Crippen molar-refractivity contribution in [2.75, 3.05) is 6.61 Å². The summed E-state index contributed by atoms with van der Waals surface area (Å²) in [5.74, 6) is -5.36. The molecule has 0 saturated carbocycles. The zero-order chi connectivity index (χ0) is 23.5. The highest BCUT2D eigenvalue weighted by molar-refractivity contribution is 7.06. The molecule has 32 heavy (non-hydrogen) atoms. The van der Waals surface area contributed by atoms with Crippen LogP contribution in [0.3, 0.4) is 0 Å². The molecule has 0 aliphatic heterocycles. The lowest BCUT2D eigenvalue weighted by Gasteiger charge is -2.14. The predicted molar refractivity (Wildman–Crippen MR) is 108 cm³/mol. The van der Waals surface area contributed by atoms with Gasteiger partial charge in [0, 0.05) is 17.7 Å². The van der Waals surface area contributed by atoms with Crippen LogP contribution in [-0.2, 0) is 25.6 Å². The smallest absolute Gasteiger partial charge is 0.427 e. The molecule has 1 aromatic heterocycles. The summed E-state index contributed by atoms with van der Waals surface area (Å²) in [5, 5.41) is 8.81. The van der Waals surface area contributed by atoms with E-state index in [0.717, 1.165) is 12.0 Å². The molecule has 0 aliphatic rings. The number of aryl methyl sites for hydroxylation is 2. The first-order valence-corrected chi connectivity index (χ1v) is 10.5. The van der Waals surface area contributed by atoms with Crippen LogP contribution in [0, 0.1) is 17.5 Å². The van der Waals surface area contributed by atoms with Crippen LogP contribution in [0.15, 0.2) is 30.3 Å². The van der Waals surface area contributed by atoms with Crippen LogP contribution in [-0.4, -0.2) is 16.1 Å². The van der Waals surface area contributed by atoms with E-state index in [4.69, 9.17) is 9.84 Å². The Balaban J connectivity index is 1.96. The minimum Gasteiger partial charge on any atom is -0.483 e. The third-order valence-corrected chi connectivity index (χ3v) is 5.77. The van der Waals surface area contributed by atoms with Crippen molar-refractivity contribution in [3.63, 3.8) is 0 Å². The highest BCUT2D eigenvalue weighted by Crippen LogP contribution is 2.40. The SMILES string of the molecule is CCc1ccc(-c2nsc(C(F)(F)F)c2COc2c(F)cc(CCCO)c(F)c2F)cc1. The molecule has 0 spiro atoms. The molecule has 3 nitrogen and oxygen atoms in total. The van der Waals surface area contributed by atoms with Crippen LogP contribution < -0.4 is 4.74 Å². The lowest BCUT2D eigenvalue weighted by Crippen LogP contribution is -2.10. The predicted octanol–water partition coefficient (Wildman–Crippen LogP) is 6.31. The maximum absolute atomic E-state index is 14.4. The van der Waals surface area contributed by atoms with E-state index in [9.17, 15) is 26.3 Å². The third-order valence-electron chi connectivity index (χ3n) is 4.84.